The molecule has 29 heavy (non-hydrogen) atoms. The van der Waals surface area contributed by atoms with E-state index in [0.29, 0.717) is 17.3 Å². The molecule has 2 fully saturated rings. The van der Waals surface area contributed by atoms with Crippen molar-refractivity contribution in [3.63, 3.8) is 0 Å². The van der Waals surface area contributed by atoms with Crippen LogP contribution >= 0.6 is 11.8 Å². The van der Waals surface area contributed by atoms with Crippen LogP contribution in [-0.4, -0.2) is 53.7 Å². The van der Waals surface area contributed by atoms with Gasteiger partial charge in [0.15, 0.2) is 15.0 Å². The maximum atomic E-state index is 13.1. The fraction of sp³-hybridized carbons (Fsp3) is 0.333. The summed E-state index contributed by atoms with van der Waals surface area (Å²) in [5, 5.41) is 0.506. The molecule has 0 N–H and O–H groups in total. The molecule has 0 aliphatic carbocycles. The molecule has 4 rings (SSSR count). The summed E-state index contributed by atoms with van der Waals surface area (Å²) in [7, 11) is -3.06. The molecule has 152 valence electrons. The number of nitrogens with zero attached hydrogens (tertiary/aromatic N) is 2. The first-order valence-corrected chi connectivity index (χ1v) is 12.1. The first kappa shape index (κ1) is 20.1. The Morgan fingerprint density at radius 2 is 1.79 bits per heavy atom. The van der Waals surface area contributed by atoms with Gasteiger partial charge < -0.3 is 4.90 Å². The van der Waals surface area contributed by atoms with Gasteiger partial charge in [0.1, 0.15) is 5.82 Å². The van der Waals surface area contributed by atoms with Crippen molar-refractivity contribution in [3.8, 4) is 0 Å². The normalized spacial score (nSPS) is 24.0. The average Bonchev–Trinajstić information content (AvgIpc) is 3.14. The molecule has 0 spiro atoms. The Morgan fingerprint density at radius 1 is 1.07 bits per heavy atom. The summed E-state index contributed by atoms with van der Waals surface area (Å²) in [6.07, 6.45) is 0.834. The number of fused-ring (bicyclic) bond motifs is 1. The van der Waals surface area contributed by atoms with Gasteiger partial charge >= 0.3 is 0 Å². The van der Waals surface area contributed by atoms with Gasteiger partial charge in [-0.25, -0.2) is 12.8 Å². The number of carbonyl (C=O) groups is 1. The summed E-state index contributed by atoms with van der Waals surface area (Å²) >= 11 is 1.38. The van der Waals surface area contributed by atoms with Gasteiger partial charge in [0.2, 0.25) is 0 Å². The Labute approximate surface area is 173 Å². The Balaban J connectivity index is 1.51. The molecule has 2 aliphatic heterocycles. The van der Waals surface area contributed by atoms with E-state index in [1.165, 1.54) is 23.9 Å². The third-order valence-electron chi connectivity index (χ3n) is 5.15. The number of hydrogen-bond acceptors (Lipinski definition) is 4. The summed E-state index contributed by atoms with van der Waals surface area (Å²) in [4.78, 5) is 18.8. The van der Waals surface area contributed by atoms with E-state index in [1.54, 1.807) is 12.1 Å². The minimum Gasteiger partial charge on any atom is -0.346 e. The molecule has 0 radical (unpaired) electrons. The molecule has 2 saturated heterocycles. The van der Waals surface area contributed by atoms with Crippen molar-refractivity contribution in [2.45, 2.75) is 24.1 Å². The lowest BCUT2D eigenvalue weighted by atomic mass is 10.1. The lowest BCUT2D eigenvalue weighted by molar-refractivity contribution is -0.117. The number of sulfone groups is 1. The smallest absolute Gasteiger partial charge is 0.252 e. The van der Waals surface area contributed by atoms with Gasteiger partial charge in [-0.05, 0) is 29.7 Å². The van der Waals surface area contributed by atoms with Crippen molar-refractivity contribution in [1.29, 1.82) is 0 Å². The van der Waals surface area contributed by atoms with Crippen molar-refractivity contribution in [2.75, 3.05) is 18.1 Å². The van der Waals surface area contributed by atoms with E-state index in [9.17, 15) is 17.6 Å². The van der Waals surface area contributed by atoms with Crippen LogP contribution in [0.1, 0.15) is 11.1 Å². The molecular weight excluding hydrogens is 411 g/mol. The predicted octanol–water partition coefficient (Wildman–Crippen LogP) is 2.71. The number of amides is 1. The predicted molar refractivity (Wildman–Crippen MR) is 113 cm³/mol. The molecule has 0 aromatic heterocycles. The Hall–Kier alpha value is -2.19. The maximum Gasteiger partial charge on any atom is 0.252 e. The average molecular weight is 433 g/mol. The van der Waals surface area contributed by atoms with Crippen molar-refractivity contribution in [2.24, 2.45) is 4.99 Å². The molecule has 0 unspecified atom stereocenters. The van der Waals surface area contributed by atoms with E-state index < -0.39 is 9.84 Å². The van der Waals surface area contributed by atoms with E-state index in [2.05, 4.69) is 4.99 Å². The summed E-state index contributed by atoms with van der Waals surface area (Å²) < 4.78 is 37.2. The van der Waals surface area contributed by atoms with Crippen LogP contribution in [0.25, 0.3) is 0 Å². The topological polar surface area (TPSA) is 66.8 Å². The Kier molecular flexibility index (Phi) is 5.74. The molecule has 5 nitrogen and oxygen atoms in total. The number of amidine groups is 1. The first-order valence-electron chi connectivity index (χ1n) is 9.43. The van der Waals surface area contributed by atoms with Gasteiger partial charge in [-0.1, -0.05) is 54.2 Å². The van der Waals surface area contributed by atoms with E-state index in [4.69, 9.17) is 0 Å². The second-order valence-electron chi connectivity index (χ2n) is 7.32. The highest BCUT2D eigenvalue weighted by molar-refractivity contribution is 8.15. The zero-order valence-corrected chi connectivity index (χ0v) is 17.3. The highest BCUT2D eigenvalue weighted by Crippen LogP contribution is 2.38. The lowest BCUT2D eigenvalue weighted by Gasteiger charge is -2.24. The van der Waals surface area contributed by atoms with E-state index >= 15 is 0 Å². The molecule has 2 aromatic rings. The number of carbonyl (C=O) groups excluding carboxylic acids is 1. The van der Waals surface area contributed by atoms with E-state index in [1.807, 2.05) is 35.2 Å². The Bertz CT molecular complexity index is 1020. The molecule has 2 aliphatic rings. The van der Waals surface area contributed by atoms with E-state index in [0.717, 1.165) is 12.0 Å². The first-order chi connectivity index (χ1) is 13.9. The quantitative estimate of drug-likeness (QED) is 0.727. The van der Waals surface area contributed by atoms with Crippen LogP contribution in [0.4, 0.5) is 4.39 Å². The largest absolute Gasteiger partial charge is 0.346 e. The minimum absolute atomic E-state index is 0.0878. The van der Waals surface area contributed by atoms with Crippen LogP contribution in [0.5, 0.6) is 0 Å². The zero-order valence-electron chi connectivity index (χ0n) is 15.7. The third-order valence-corrected chi connectivity index (χ3v) is 8.40. The van der Waals surface area contributed by atoms with Gasteiger partial charge in [-0.15, -0.1) is 0 Å². The molecule has 2 heterocycles. The molecular formula is C21H21FN2O3S2. The molecule has 2 atom stereocenters. The number of rotatable bonds is 5. The number of hydrogen-bond donors (Lipinski definition) is 0. The number of benzene rings is 2. The van der Waals surface area contributed by atoms with Crippen molar-refractivity contribution < 1.29 is 17.6 Å². The molecule has 8 heteroatoms. The van der Waals surface area contributed by atoms with Crippen molar-refractivity contribution >= 4 is 32.7 Å². The van der Waals surface area contributed by atoms with Gasteiger partial charge in [-0.3, -0.25) is 4.79 Å². The van der Waals surface area contributed by atoms with Crippen LogP contribution in [0.15, 0.2) is 59.6 Å². The highest BCUT2D eigenvalue weighted by atomic mass is 32.2. The SMILES string of the molecule is O=C(Cc1ccc(F)cc1)N=C1S[C@@H]2CS(=O)(=O)C[C@H]2N1CCc1ccccc1. The van der Waals surface area contributed by atoms with Crippen molar-refractivity contribution in [1.82, 2.24) is 4.90 Å². The standard InChI is InChI=1S/C21H21FN2O3S2/c22-17-8-6-16(7-9-17)12-20(25)23-21-24(11-10-15-4-2-1-3-5-15)18-13-29(26,27)14-19(18)28-21/h1-9,18-19H,10-14H2/t18-,19-/m1/s1. The molecule has 2 aromatic carbocycles. The van der Waals surface area contributed by atoms with Crippen LogP contribution < -0.4 is 0 Å². The number of aliphatic imine (C=N–C) groups is 1. The minimum atomic E-state index is -3.06. The maximum absolute atomic E-state index is 13.1. The van der Waals surface area contributed by atoms with Gasteiger partial charge in [0, 0.05) is 11.8 Å². The summed E-state index contributed by atoms with van der Waals surface area (Å²) in [5.41, 5.74) is 1.85. The number of thioether (sulfide) groups is 1. The summed E-state index contributed by atoms with van der Waals surface area (Å²) in [6.45, 7) is 0.608. The molecule has 0 saturated carbocycles. The van der Waals surface area contributed by atoms with Crippen molar-refractivity contribution in [3.05, 3.63) is 71.5 Å². The highest BCUT2D eigenvalue weighted by Gasteiger charge is 2.48. The van der Waals surface area contributed by atoms with Gasteiger partial charge in [0.25, 0.3) is 5.91 Å². The second kappa shape index (κ2) is 8.28. The summed E-state index contributed by atoms with van der Waals surface area (Å²) in [5.74, 6) is -0.438. The molecule has 0 bridgehead atoms. The van der Waals surface area contributed by atoms with Crippen LogP contribution in [0, 0.1) is 5.82 Å². The van der Waals surface area contributed by atoms with Crippen LogP contribution in [0.2, 0.25) is 0 Å². The zero-order chi connectivity index (χ0) is 20.4. The lowest BCUT2D eigenvalue weighted by Crippen LogP contribution is -2.39. The van der Waals surface area contributed by atoms with Crippen LogP contribution in [-0.2, 0) is 27.5 Å². The monoisotopic (exact) mass is 432 g/mol. The van der Waals surface area contributed by atoms with E-state index in [-0.39, 0.29) is 40.9 Å². The fourth-order valence-electron chi connectivity index (χ4n) is 3.71. The third kappa shape index (κ3) is 4.87. The Morgan fingerprint density at radius 3 is 2.52 bits per heavy atom. The fourth-order valence-corrected chi connectivity index (χ4v) is 7.71. The van der Waals surface area contributed by atoms with Gasteiger partial charge in [0.05, 0.1) is 24.0 Å². The molecule has 1 amide bonds. The summed E-state index contributed by atoms with van der Waals surface area (Å²) in [6, 6.07) is 15.6. The van der Waals surface area contributed by atoms with Crippen LogP contribution in [0.3, 0.4) is 0 Å². The second-order valence-corrected chi connectivity index (χ2v) is 10.7. The van der Waals surface area contributed by atoms with Gasteiger partial charge in [-0.2, -0.15) is 4.99 Å². The number of halogens is 1.